The van der Waals surface area contributed by atoms with Gasteiger partial charge in [-0.2, -0.15) is 0 Å². The van der Waals surface area contributed by atoms with Crippen LogP contribution in [0.4, 0.5) is 0 Å². The van der Waals surface area contributed by atoms with Crippen LogP contribution in [-0.2, 0) is 6.54 Å². The van der Waals surface area contributed by atoms with Crippen LogP contribution in [0.25, 0.3) is 0 Å². The molecule has 0 saturated carbocycles. The van der Waals surface area contributed by atoms with E-state index >= 15 is 0 Å². The number of nitrogens with one attached hydrogen (secondary N) is 1. The zero-order chi connectivity index (χ0) is 10.7. The van der Waals surface area contributed by atoms with E-state index in [2.05, 4.69) is 34.8 Å². The molecule has 0 amide bonds. The summed E-state index contributed by atoms with van der Waals surface area (Å²) in [7, 11) is 0. The fourth-order valence-corrected chi connectivity index (χ4v) is 1.98. The van der Waals surface area contributed by atoms with Crippen molar-refractivity contribution in [3.05, 3.63) is 29.9 Å². The number of imidazole rings is 1. The minimum Gasteiger partial charge on any atom is -0.330 e. The molecule has 1 N–H and O–H groups in total. The van der Waals surface area contributed by atoms with Gasteiger partial charge in [0.1, 0.15) is 0 Å². The van der Waals surface area contributed by atoms with Crippen molar-refractivity contribution in [3.63, 3.8) is 0 Å². The zero-order valence-electron chi connectivity index (χ0n) is 9.53. The average molecular weight is 205 g/mol. The molecule has 0 fully saturated rings. The first kappa shape index (κ1) is 10.4. The molecule has 2 rings (SSSR count). The van der Waals surface area contributed by atoms with E-state index in [9.17, 15) is 0 Å². The van der Waals surface area contributed by atoms with Gasteiger partial charge in [0.25, 0.3) is 0 Å². The first-order valence-corrected chi connectivity index (χ1v) is 5.66. The number of hydrogen-bond donors (Lipinski definition) is 1. The number of rotatable bonds is 3. The van der Waals surface area contributed by atoms with Gasteiger partial charge in [-0.25, -0.2) is 4.98 Å². The number of nitrogens with zero attached hydrogens (tertiary/aromatic N) is 2. The minimum atomic E-state index is 0.551. The molecule has 1 aromatic heterocycles. The van der Waals surface area contributed by atoms with Crippen LogP contribution < -0.4 is 5.32 Å². The first-order chi connectivity index (χ1) is 7.27. The summed E-state index contributed by atoms with van der Waals surface area (Å²) in [6, 6.07) is 0. The lowest BCUT2D eigenvalue weighted by molar-refractivity contribution is 0.625. The van der Waals surface area contributed by atoms with Crippen molar-refractivity contribution < 1.29 is 0 Å². The molecule has 2 heterocycles. The highest BCUT2D eigenvalue weighted by molar-refractivity contribution is 5.11. The van der Waals surface area contributed by atoms with Crippen molar-refractivity contribution in [2.24, 2.45) is 0 Å². The largest absolute Gasteiger partial charge is 0.330 e. The molecule has 0 bridgehead atoms. The molecule has 15 heavy (non-hydrogen) atoms. The topological polar surface area (TPSA) is 29.9 Å². The van der Waals surface area contributed by atoms with Gasteiger partial charge in [-0.05, 0) is 18.9 Å². The fraction of sp³-hybridized carbons (Fsp3) is 0.583. The third-order valence-electron chi connectivity index (χ3n) is 2.87. The Hall–Kier alpha value is -1.09. The maximum absolute atomic E-state index is 4.23. The molecule has 1 aliphatic rings. The zero-order valence-corrected chi connectivity index (χ0v) is 9.53. The number of hydrogen-bond acceptors (Lipinski definition) is 2. The normalized spacial score (nSPS) is 16.9. The molecule has 0 aromatic carbocycles. The summed E-state index contributed by atoms with van der Waals surface area (Å²) in [5, 5.41) is 3.33. The molecule has 1 aliphatic heterocycles. The lowest BCUT2D eigenvalue weighted by Crippen LogP contribution is -2.22. The van der Waals surface area contributed by atoms with Gasteiger partial charge in [-0.3, -0.25) is 0 Å². The maximum atomic E-state index is 4.23. The molecular formula is C12H19N3. The molecule has 0 unspecified atom stereocenters. The van der Waals surface area contributed by atoms with Crippen molar-refractivity contribution in [2.45, 2.75) is 32.7 Å². The van der Waals surface area contributed by atoms with Crippen LogP contribution in [0.2, 0.25) is 0 Å². The lowest BCUT2D eigenvalue weighted by Gasteiger charge is -2.17. The molecule has 3 heteroatoms. The van der Waals surface area contributed by atoms with E-state index in [0.29, 0.717) is 5.92 Å². The lowest BCUT2D eigenvalue weighted by atomic mass is 10.1. The van der Waals surface area contributed by atoms with Gasteiger partial charge in [-0.15, -0.1) is 0 Å². The second-order valence-corrected chi connectivity index (χ2v) is 4.42. The van der Waals surface area contributed by atoms with Crippen LogP contribution in [0.1, 0.15) is 31.9 Å². The molecule has 1 aromatic rings. The minimum absolute atomic E-state index is 0.551. The Morgan fingerprint density at radius 2 is 2.40 bits per heavy atom. The van der Waals surface area contributed by atoms with E-state index < -0.39 is 0 Å². The van der Waals surface area contributed by atoms with Gasteiger partial charge in [-0.1, -0.05) is 25.5 Å². The molecular weight excluding hydrogens is 186 g/mol. The average Bonchev–Trinajstić information content (AvgIpc) is 2.67. The third-order valence-corrected chi connectivity index (χ3v) is 2.87. The van der Waals surface area contributed by atoms with E-state index in [4.69, 9.17) is 0 Å². The Kier molecular flexibility index (Phi) is 3.21. The quantitative estimate of drug-likeness (QED) is 0.764. The number of aromatic nitrogens is 2. The third kappa shape index (κ3) is 2.48. The second-order valence-electron chi connectivity index (χ2n) is 4.42. The van der Waals surface area contributed by atoms with Crippen molar-refractivity contribution in [3.8, 4) is 0 Å². The second kappa shape index (κ2) is 4.62. The van der Waals surface area contributed by atoms with Crippen molar-refractivity contribution >= 4 is 0 Å². The Labute approximate surface area is 91.2 Å². The van der Waals surface area contributed by atoms with Gasteiger partial charge >= 0.3 is 0 Å². The summed E-state index contributed by atoms with van der Waals surface area (Å²) in [5.41, 5.74) is 2.85. The van der Waals surface area contributed by atoms with E-state index in [0.717, 1.165) is 26.1 Å². The molecule has 0 aliphatic carbocycles. The Balaban J connectivity index is 2.09. The van der Waals surface area contributed by atoms with Gasteiger partial charge < -0.3 is 9.88 Å². The smallest absolute Gasteiger partial charge is 0.0951 e. The van der Waals surface area contributed by atoms with Gasteiger partial charge in [0.05, 0.1) is 6.33 Å². The summed E-state index contributed by atoms with van der Waals surface area (Å²) >= 11 is 0. The van der Waals surface area contributed by atoms with E-state index in [1.807, 2.05) is 12.5 Å². The SMILES string of the molecule is CC(C)c1cncn1CC1=CCNCC1. The summed E-state index contributed by atoms with van der Waals surface area (Å²) in [5.74, 6) is 0.551. The van der Waals surface area contributed by atoms with Crippen LogP contribution in [0.15, 0.2) is 24.2 Å². The van der Waals surface area contributed by atoms with E-state index in [1.54, 1.807) is 0 Å². The highest BCUT2D eigenvalue weighted by Gasteiger charge is 2.09. The molecule has 82 valence electrons. The van der Waals surface area contributed by atoms with Crippen LogP contribution in [0.3, 0.4) is 0 Å². The van der Waals surface area contributed by atoms with Crippen molar-refractivity contribution in [2.75, 3.05) is 13.1 Å². The summed E-state index contributed by atoms with van der Waals surface area (Å²) in [6.07, 6.45) is 7.38. The Morgan fingerprint density at radius 1 is 1.53 bits per heavy atom. The predicted molar refractivity (Wildman–Crippen MR) is 61.9 cm³/mol. The predicted octanol–water partition coefficient (Wildman–Crippen LogP) is 1.93. The summed E-state index contributed by atoms with van der Waals surface area (Å²) in [6.45, 7) is 7.56. The monoisotopic (exact) mass is 205 g/mol. The van der Waals surface area contributed by atoms with Crippen LogP contribution in [0.5, 0.6) is 0 Å². The van der Waals surface area contributed by atoms with Crippen molar-refractivity contribution in [1.29, 1.82) is 0 Å². The van der Waals surface area contributed by atoms with Gasteiger partial charge in [0, 0.05) is 25.0 Å². The summed E-state index contributed by atoms with van der Waals surface area (Å²) in [4.78, 5) is 4.23. The van der Waals surface area contributed by atoms with Gasteiger partial charge in [0.15, 0.2) is 0 Å². The van der Waals surface area contributed by atoms with Gasteiger partial charge in [0.2, 0.25) is 0 Å². The first-order valence-electron chi connectivity index (χ1n) is 5.66. The van der Waals surface area contributed by atoms with E-state index in [1.165, 1.54) is 11.3 Å². The Morgan fingerprint density at radius 3 is 3.07 bits per heavy atom. The van der Waals surface area contributed by atoms with Crippen LogP contribution in [0, 0.1) is 0 Å². The highest BCUT2D eigenvalue weighted by atomic mass is 15.0. The van der Waals surface area contributed by atoms with Crippen molar-refractivity contribution in [1.82, 2.24) is 14.9 Å². The molecule has 0 saturated heterocycles. The highest BCUT2D eigenvalue weighted by Crippen LogP contribution is 2.16. The van der Waals surface area contributed by atoms with Crippen LogP contribution in [-0.4, -0.2) is 22.6 Å². The van der Waals surface area contributed by atoms with Crippen LogP contribution >= 0.6 is 0 Å². The molecule has 3 nitrogen and oxygen atoms in total. The standard InChI is InChI=1S/C12H19N3/c1-10(2)12-7-14-9-15(12)8-11-3-5-13-6-4-11/h3,7,9-10,13H,4-6,8H2,1-2H3. The molecule has 0 atom stereocenters. The summed E-state index contributed by atoms with van der Waals surface area (Å²) < 4.78 is 2.27. The van der Waals surface area contributed by atoms with E-state index in [-0.39, 0.29) is 0 Å². The Bertz CT molecular complexity index is 350. The molecule has 0 spiro atoms. The fourth-order valence-electron chi connectivity index (χ4n) is 1.98. The molecule has 0 radical (unpaired) electrons. The maximum Gasteiger partial charge on any atom is 0.0951 e.